The van der Waals surface area contributed by atoms with E-state index in [2.05, 4.69) is 9.88 Å². The standard InChI is InChI=1S/C24H25FN4O/c25-19-6-4-17(5-7-19)16-30-20-10-14-29(15-11-20)24-21-2-1-3-22(21)27-23(28-24)18-8-12-26-13-9-18/h4-9,12-13,20H,1-3,10-11,14-16H2. The molecule has 1 saturated heterocycles. The highest BCUT2D eigenvalue weighted by atomic mass is 19.1. The van der Waals surface area contributed by atoms with Gasteiger partial charge in [-0.1, -0.05) is 12.1 Å². The summed E-state index contributed by atoms with van der Waals surface area (Å²) in [6.07, 6.45) is 8.96. The van der Waals surface area contributed by atoms with Crippen LogP contribution < -0.4 is 4.90 Å². The van der Waals surface area contributed by atoms with Gasteiger partial charge in [0.25, 0.3) is 0 Å². The number of fused-ring (bicyclic) bond motifs is 1. The average molecular weight is 404 g/mol. The Hall–Kier alpha value is -2.86. The second-order valence-electron chi connectivity index (χ2n) is 8.01. The van der Waals surface area contributed by atoms with Crippen molar-refractivity contribution in [1.29, 1.82) is 0 Å². The number of pyridine rings is 1. The molecule has 1 fully saturated rings. The first-order valence-corrected chi connectivity index (χ1v) is 10.7. The third kappa shape index (κ3) is 4.05. The maximum absolute atomic E-state index is 13.1. The number of halogens is 1. The maximum atomic E-state index is 13.1. The molecule has 154 valence electrons. The lowest BCUT2D eigenvalue weighted by atomic mass is 10.1. The molecule has 1 aliphatic heterocycles. The summed E-state index contributed by atoms with van der Waals surface area (Å²) in [4.78, 5) is 16.3. The highest BCUT2D eigenvalue weighted by Gasteiger charge is 2.27. The predicted molar refractivity (Wildman–Crippen MR) is 114 cm³/mol. The lowest BCUT2D eigenvalue weighted by Gasteiger charge is -2.34. The molecule has 0 spiro atoms. The predicted octanol–water partition coefficient (Wildman–Crippen LogP) is 4.35. The summed E-state index contributed by atoms with van der Waals surface area (Å²) in [7, 11) is 0. The fraction of sp³-hybridized carbons (Fsp3) is 0.375. The molecule has 2 aliphatic rings. The van der Waals surface area contributed by atoms with Gasteiger partial charge >= 0.3 is 0 Å². The molecule has 1 aromatic carbocycles. The lowest BCUT2D eigenvalue weighted by molar-refractivity contribution is 0.0250. The highest BCUT2D eigenvalue weighted by molar-refractivity contribution is 5.61. The minimum Gasteiger partial charge on any atom is -0.373 e. The quantitative estimate of drug-likeness (QED) is 0.633. The van der Waals surface area contributed by atoms with Crippen LogP contribution in [0.3, 0.4) is 0 Å². The van der Waals surface area contributed by atoms with Crippen LogP contribution in [0.2, 0.25) is 0 Å². The summed E-state index contributed by atoms with van der Waals surface area (Å²) in [6.45, 7) is 2.38. The van der Waals surface area contributed by atoms with E-state index in [-0.39, 0.29) is 11.9 Å². The van der Waals surface area contributed by atoms with Crippen LogP contribution in [0.1, 0.15) is 36.1 Å². The van der Waals surface area contributed by atoms with Gasteiger partial charge in [0.15, 0.2) is 5.82 Å². The highest BCUT2D eigenvalue weighted by Crippen LogP contribution is 2.33. The summed E-state index contributed by atoms with van der Waals surface area (Å²) in [6, 6.07) is 10.5. The molecular weight excluding hydrogens is 379 g/mol. The van der Waals surface area contributed by atoms with Crippen LogP contribution in [0.15, 0.2) is 48.8 Å². The van der Waals surface area contributed by atoms with Crippen molar-refractivity contribution >= 4 is 5.82 Å². The van der Waals surface area contributed by atoms with Crippen molar-refractivity contribution in [3.05, 3.63) is 71.4 Å². The van der Waals surface area contributed by atoms with E-state index in [1.165, 1.54) is 23.4 Å². The molecule has 0 atom stereocenters. The first kappa shape index (κ1) is 19.1. The Morgan fingerprint density at radius 1 is 0.967 bits per heavy atom. The van der Waals surface area contributed by atoms with E-state index < -0.39 is 0 Å². The van der Waals surface area contributed by atoms with Gasteiger partial charge in [0.05, 0.1) is 12.7 Å². The molecule has 30 heavy (non-hydrogen) atoms. The van der Waals surface area contributed by atoms with E-state index in [1.54, 1.807) is 24.5 Å². The fourth-order valence-corrected chi connectivity index (χ4v) is 4.33. The SMILES string of the molecule is Fc1ccc(COC2CCN(c3nc(-c4ccncc4)nc4c3CCC4)CC2)cc1. The number of benzene rings is 1. The molecule has 1 aliphatic carbocycles. The van der Waals surface area contributed by atoms with Crippen LogP contribution in [0.25, 0.3) is 11.4 Å². The number of anilines is 1. The Labute approximate surface area is 176 Å². The Kier molecular flexibility index (Phi) is 5.41. The molecule has 0 amide bonds. The smallest absolute Gasteiger partial charge is 0.161 e. The molecule has 2 aromatic heterocycles. The maximum Gasteiger partial charge on any atom is 0.161 e. The first-order valence-electron chi connectivity index (χ1n) is 10.7. The van der Waals surface area contributed by atoms with Gasteiger partial charge in [-0.15, -0.1) is 0 Å². The van der Waals surface area contributed by atoms with E-state index in [0.29, 0.717) is 6.61 Å². The van der Waals surface area contributed by atoms with Crippen molar-refractivity contribution in [2.24, 2.45) is 0 Å². The molecular formula is C24H25FN4O. The van der Waals surface area contributed by atoms with Crippen LogP contribution >= 0.6 is 0 Å². The number of nitrogens with zero attached hydrogens (tertiary/aromatic N) is 4. The van der Waals surface area contributed by atoms with Crippen LogP contribution in [0.4, 0.5) is 10.2 Å². The van der Waals surface area contributed by atoms with Crippen molar-refractivity contribution in [3.63, 3.8) is 0 Å². The van der Waals surface area contributed by atoms with E-state index in [4.69, 9.17) is 14.7 Å². The normalized spacial score (nSPS) is 16.6. The number of piperidine rings is 1. The van der Waals surface area contributed by atoms with Crippen molar-refractivity contribution in [2.75, 3.05) is 18.0 Å². The number of aromatic nitrogens is 3. The van der Waals surface area contributed by atoms with Gasteiger partial charge < -0.3 is 9.64 Å². The van der Waals surface area contributed by atoms with Gasteiger partial charge in [-0.3, -0.25) is 4.98 Å². The summed E-state index contributed by atoms with van der Waals surface area (Å²) in [5.41, 5.74) is 4.54. The minimum absolute atomic E-state index is 0.212. The van der Waals surface area contributed by atoms with Crippen molar-refractivity contribution < 1.29 is 9.13 Å². The fourth-order valence-electron chi connectivity index (χ4n) is 4.33. The topological polar surface area (TPSA) is 51.1 Å². The molecule has 6 heteroatoms. The zero-order valence-electron chi connectivity index (χ0n) is 16.9. The van der Waals surface area contributed by atoms with Crippen LogP contribution in [-0.2, 0) is 24.2 Å². The molecule has 0 radical (unpaired) electrons. The number of ether oxygens (including phenoxy) is 1. The van der Waals surface area contributed by atoms with E-state index in [0.717, 1.165) is 68.0 Å². The first-order chi connectivity index (χ1) is 14.8. The Morgan fingerprint density at radius 3 is 2.50 bits per heavy atom. The summed E-state index contributed by atoms with van der Waals surface area (Å²) in [5.74, 6) is 1.68. The molecule has 3 heterocycles. The Bertz CT molecular complexity index is 1000. The molecule has 3 aromatic rings. The third-order valence-electron chi connectivity index (χ3n) is 5.99. The summed E-state index contributed by atoms with van der Waals surface area (Å²) in [5, 5.41) is 0. The van der Waals surface area contributed by atoms with Crippen molar-refractivity contribution in [3.8, 4) is 11.4 Å². The molecule has 0 bridgehead atoms. The molecule has 0 saturated carbocycles. The Balaban J connectivity index is 1.28. The van der Waals surface area contributed by atoms with E-state index in [1.807, 2.05) is 12.1 Å². The second-order valence-corrected chi connectivity index (χ2v) is 8.01. The van der Waals surface area contributed by atoms with Gasteiger partial charge in [-0.2, -0.15) is 0 Å². The van der Waals surface area contributed by atoms with Crippen LogP contribution in [-0.4, -0.2) is 34.1 Å². The van der Waals surface area contributed by atoms with Crippen molar-refractivity contribution in [1.82, 2.24) is 15.0 Å². The van der Waals surface area contributed by atoms with Gasteiger partial charge in [0.1, 0.15) is 11.6 Å². The second kappa shape index (κ2) is 8.48. The number of hydrogen-bond donors (Lipinski definition) is 0. The van der Waals surface area contributed by atoms with Gasteiger partial charge in [-0.25, -0.2) is 14.4 Å². The largest absolute Gasteiger partial charge is 0.373 e. The number of hydrogen-bond acceptors (Lipinski definition) is 5. The molecule has 0 N–H and O–H groups in total. The van der Waals surface area contributed by atoms with E-state index >= 15 is 0 Å². The number of aryl methyl sites for hydroxylation is 1. The van der Waals surface area contributed by atoms with Gasteiger partial charge in [0.2, 0.25) is 0 Å². The average Bonchev–Trinajstić information content (AvgIpc) is 3.28. The Morgan fingerprint density at radius 2 is 1.73 bits per heavy atom. The number of rotatable bonds is 5. The lowest BCUT2D eigenvalue weighted by Crippen LogP contribution is -2.38. The molecule has 5 nitrogen and oxygen atoms in total. The molecule has 5 rings (SSSR count). The summed E-state index contributed by atoms with van der Waals surface area (Å²) < 4.78 is 19.1. The van der Waals surface area contributed by atoms with Gasteiger partial charge in [-0.05, 0) is 61.9 Å². The van der Waals surface area contributed by atoms with Crippen LogP contribution in [0.5, 0.6) is 0 Å². The van der Waals surface area contributed by atoms with Crippen molar-refractivity contribution in [2.45, 2.75) is 44.8 Å². The molecule has 0 unspecified atom stereocenters. The van der Waals surface area contributed by atoms with Crippen LogP contribution in [0, 0.1) is 5.82 Å². The zero-order chi connectivity index (χ0) is 20.3. The summed E-state index contributed by atoms with van der Waals surface area (Å²) >= 11 is 0. The monoisotopic (exact) mass is 404 g/mol. The van der Waals surface area contributed by atoms with E-state index in [9.17, 15) is 4.39 Å². The van der Waals surface area contributed by atoms with Gasteiger partial charge in [0, 0.05) is 42.3 Å². The minimum atomic E-state index is -0.212. The zero-order valence-corrected chi connectivity index (χ0v) is 16.9. The third-order valence-corrected chi connectivity index (χ3v) is 5.99.